The van der Waals surface area contributed by atoms with Crippen LogP contribution in [-0.4, -0.2) is 22.2 Å². The molecule has 0 aliphatic carbocycles. The largest absolute Gasteiger partial charge is 0.482 e. The summed E-state index contributed by atoms with van der Waals surface area (Å²) in [6.07, 6.45) is 3.27. The number of carbonyl (C=O) groups is 1. The Morgan fingerprint density at radius 1 is 1.50 bits per heavy atom. The molecule has 1 heterocycles. The molecule has 0 fully saturated rings. The van der Waals surface area contributed by atoms with Gasteiger partial charge in [-0.25, -0.2) is 0 Å². The molecule has 1 aromatic heterocycles. The predicted molar refractivity (Wildman–Crippen MR) is 76.4 cm³/mol. The van der Waals surface area contributed by atoms with Crippen LogP contribution >= 0.6 is 0 Å². The molecule has 106 valence electrons. The highest BCUT2D eigenvalue weighted by atomic mass is 16.5. The van der Waals surface area contributed by atoms with Crippen molar-refractivity contribution in [1.82, 2.24) is 9.78 Å². The van der Waals surface area contributed by atoms with Crippen LogP contribution in [0.3, 0.4) is 0 Å². The minimum atomic E-state index is -0.307. The summed E-state index contributed by atoms with van der Waals surface area (Å²) in [6.45, 7) is 1.78. The van der Waals surface area contributed by atoms with E-state index in [2.05, 4.69) is 10.4 Å². The van der Waals surface area contributed by atoms with Crippen molar-refractivity contribution in [3.63, 3.8) is 0 Å². The molecule has 1 aromatic carbocycles. The van der Waals surface area contributed by atoms with Crippen molar-refractivity contribution in [2.75, 3.05) is 11.9 Å². The molecular weight excluding hydrogens is 256 g/mol. The van der Waals surface area contributed by atoms with Gasteiger partial charge in [0.1, 0.15) is 11.9 Å². The van der Waals surface area contributed by atoms with Crippen LogP contribution in [0.4, 0.5) is 5.69 Å². The first-order chi connectivity index (χ1) is 9.60. The highest BCUT2D eigenvalue weighted by Gasteiger charge is 2.15. The fourth-order valence-corrected chi connectivity index (χ4v) is 1.87. The number of hydrogen-bond donors (Lipinski definition) is 2. The van der Waals surface area contributed by atoms with Crippen molar-refractivity contribution >= 4 is 11.6 Å². The Balaban J connectivity index is 2.21. The average Bonchev–Trinajstić information content (AvgIpc) is 2.83. The number of rotatable bonds is 5. The van der Waals surface area contributed by atoms with Gasteiger partial charge in [0.2, 0.25) is 5.91 Å². The molecule has 1 amide bonds. The number of nitrogens with zero attached hydrogens (tertiary/aromatic N) is 2. The summed E-state index contributed by atoms with van der Waals surface area (Å²) in [5.41, 5.74) is 7.29. The van der Waals surface area contributed by atoms with Crippen molar-refractivity contribution in [2.24, 2.45) is 12.8 Å². The summed E-state index contributed by atoms with van der Waals surface area (Å²) in [4.78, 5) is 11.2. The van der Waals surface area contributed by atoms with Crippen LogP contribution in [0, 0.1) is 0 Å². The molecule has 2 rings (SSSR count). The molecule has 0 saturated heterocycles. The van der Waals surface area contributed by atoms with Gasteiger partial charge in [-0.3, -0.25) is 9.48 Å². The fraction of sp³-hybridized carbons (Fsp3) is 0.286. The second-order valence-corrected chi connectivity index (χ2v) is 4.47. The zero-order chi connectivity index (χ0) is 14.5. The Kier molecular flexibility index (Phi) is 4.37. The highest BCUT2D eigenvalue weighted by Crippen LogP contribution is 2.28. The van der Waals surface area contributed by atoms with Crippen molar-refractivity contribution in [3.8, 4) is 5.75 Å². The third kappa shape index (κ3) is 3.36. The minimum absolute atomic E-state index is 0.147. The first kappa shape index (κ1) is 14.1. The van der Waals surface area contributed by atoms with Crippen molar-refractivity contribution < 1.29 is 9.53 Å². The third-order valence-electron chi connectivity index (χ3n) is 2.78. The summed E-state index contributed by atoms with van der Waals surface area (Å²) in [5, 5.41) is 6.84. The Labute approximate surface area is 117 Å². The second-order valence-electron chi connectivity index (χ2n) is 4.47. The van der Waals surface area contributed by atoms with Gasteiger partial charge in [-0.1, -0.05) is 12.1 Å². The highest BCUT2D eigenvalue weighted by molar-refractivity contribution is 5.90. The lowest BCUT2D eigenvalue weighted by molar-refractivity contribution is -0.114. The number of amides is 1. The van der Waals surface area contributed by atoms with Crippen LogP contribution < -0.4 is 15.8 Å². The van der Waals surface area contributed by atoms with Crippen LogP contribution in [0.1, 0.15) is 18.6 Å². The molecule has 2 aromatic rings. The Morgan fingerprint density at radius 3 is 2.85 bits per heavy atom. The molecule has 0 aliphatic rings. The van der Waals surface area contributed by atoms with E-state index in [1.807, 2.05) is 25.4 Å². The second kappa shape index (κ2) is 6.21. The van der Waals surface area contributed by atoms with E-state index in [4.69, 9.17) is 10.5 Å². The summed E-state index contributed by atoms with van der Waals surface area (Å²) in [5.74, 6) is 0.439. The van der Waals surface area contributed by atoms with E-state index in [9.17, 15) is 4.79 Å². The zero-order valence-corrected chi connectivity index (χ0v) is 11.5. The van der Waals surface area contributed by atoms with Crippen molar-refractivity contribution in [1.29, 1.82) is 0 Å². The summed E-state index contributed by atoms with van der Waals surface area (Å²) >= 11 is 0. The van der Waals surface area contributed by atoms with E-state index in [1.165, 1.54) is 6.92 Å². The monoisotopic (exact) mass is 274 g/mol. The van der Waals surface area contributed by atoms with Gasteiger partial charge in [0.15, 0.2) is 0 Å². The lowest BCUT2D eigenvalue weighted by Gasteiger charge is -2.18. The number of benzene rings is 1. The number of aryl methyl sites for hydroxylation is 1. The van der Waals surface area contributed by atoms with Gasteiger partial charge in [-0.2, -0.15) is 5.10 Å². The molecule has 0 spiro atoms. The molecule has 6 heteroatoms. The number of hydrogen-bond acceptors (Lipinski definition) is 4. The van der Waals surface area contributed by atoms with Gasteiger partial charge in [0.05, 0.1) is 11.9 Å². The zero-order valence-electron chi connectivity index (χ0n) is 11.5. The Bertz CT molecular complexity index is 594. The van der Waals surface area contributed by atoms with E-state index >= 15 is 0 Å². The third-order valence-corrected chi connectivity index (χ3v) is 2.78. The van der Waals surface area contributed by atoms with Crippen molar-refractivity contribution in [2.45, 2.75) is 13.0 Å². The topological polar surface area (TPSA) is 82.2 Å². The van der Waals surface area contributed by atoms with Crippen molar-refractivity contribution in [3.05, 3.63) is 42.2 Å². The SMILES string of the molecule is CC(=O)Nc1ccccc1OC(CN)c1cnn(C)c1. The summed E-state index contributed by atoms with van der Waals surface area (Å²) in [7, 11) is 1.84. The quantitative estimate of drug-likeness (QED) is 0.864. The standard InChI is InChI=1S/C14H18N4O2/c1-10(19)17-12-5-3-4-6-13(12)20-14(7-15)11-8-16-18(2)9-11/h3-6,8-9,14H,7,15H2,1-2H3,(H,17,19). The van der Waals surface area contributed by atoms with Gasteiger partial charge >= 0.3 is 0 Å². The van der Waals surface area contributed by atoms with Gasteiger partial charge in [-0.15, -0.1) is 0 Å². The number of aromatic nitrogens is 2. The van der Waals surface area contributed by atoms with Crippen LogP contribution in [0.2, 0.25) is 0 Å². The number of nitrogens with one attached hydrogen (secondary N) is 1. The summed E-state index contributed by atoms with van der Waals surface area (Å²) < 4.78 is 7.60. The summed E-state index contributed by atoms with van der Waals surface area (Å²) in [6, 6.07) is 7.26. The maximum absolute atomic E-state index is 11.2. The number of carbonyl (C=O) groups excluding carboxylic acids is 1. The average molecular weight is 274 g/mol. The van der Waals surface area contributed by atoms with Crippen LogP contribution in [-0.2, 0) is 11.8 Å². The number of anilines is 1. The van der Waals surface area contributed by atoms with Gasteiger partial charge < -0.3 is 15.8 Å². The van der Waals surface area contributed by atoms with Gasteiger partial charge in [-0.05, 0) is 12.1 Å². The smallest absolute Gasteiger partial charge is 0.221 e. The molecule has 0 bridgehead atoms. The lowest BCUT2D eigenvalue weighted by atomic mass is 10.2. The van der Waals surface area contributed by atoms with E-state index in [0.717, 1.165) is 5.56 Å². The fourth-order valence-electron chi connectivity index (χ4n) is 1.87. The lowest BCUT2D eigenvalue weighted by Crippen LogP contribution is -2.19. The maximum atomic E-state index is 11.2. The van der Waals surface area contributed by atoms with Gasteiger partial charge in [0, 0.05) is 32.3 Å². The molecule has 0 radical (unpaired) electrons. The number of nitrogens with two attached hydrogens (primary N) is 1. The predicted octanol–water partition coefficient (Wildman–Crippen LogP) is 1.46. The first-order valence-electron chi connectivity index (χ1n) is 6.32. The van der Waals surface area contributed by atoms with Gasteiger partial charge in [0.25, 0.3) is 0 Å². The van der Waals surface area contributed by atoms with E-state index in [-0.39, 0.29) is 12.0 Å². The molecule has 0 saturated carbocycles. The minimum Gasteiger partial charge on any atom is -0.482 e. The van der Waals surface area contributed by atoms with Crippen LogP contribution in [0.5, 0.6) is 5.75 Å². The number of ether oxygens (including phenoxy) is 1. The molecule has 1 unspecified atom stereocenters. The number of para-hydroxylation sites is 2. The Hall–Kier alpha value is -2.34. The van der Waals surface area contributed by atoms with Crippen LogP contribution in [0.15, 0.2) is 36.7 Å². The maximum Gasteiger partial charge on any atom is 0.221 e. The molecule has 1 atom stereocenters. The molecule has 6 nitrogen and oxygen atoms in total. The van der Waals surface area contributed by atoms with E-state index in [1.54, 1.807) is 23.0 Å². The van der Waals surface area contributed by atoms with E-state index in [0.29, 0.717) is 18.0 Å². The van der Waals surface area contributed by atoms with E-state index < -0.39 is 0 Å². The Morgan fingerprint density at radius 2 is 2.25 bits per heavy atom. The first-order valence-corrected chi connectivity index (χ1v) is 6.32. The molecular formula is C14H18N4O2. The van der Waals surface area contributed by atoms with Crippen LogP contribution in [0.25, 0.3) is 0 Å². The molecule has 3 N–H and O–H groups in total. The molecule has 0 aliphatic heterocycles. The molecule has 20 heavy (non-hydrogen) atoms. The normalized spacial score (nSPS) is 11.9.